The van der Waals surface area contributed by atoms with Crippen molar-refractivity contribution in [2.45, 2.75) is 25.8 Å². The second kappa shape index (κ2) is 10.5. The van der Waals surface area contributed by atoms with E-state index in [9.17, 15) is 10.1 Å². The van der Waals surface area contributed by atoms with Crippen molar-refractivity contribution in [3.63, 3.8) is 0 Å². The molecule has 2 aromatic heterocycles. The van der Waals surface area contributed by atoms with Crippen molar-refractivity contribution in [1.29, 1.82) is 5.26 Å². The molecule has 2 saturated heterocycles. The molecule has 0 unspecified atom stereocenters. The normalized spacial score (nSPS) is 17.8. The summed E-state index contributed by atoms with van der Waals surface area (Å²) in [5.41, 5.74) is 1.48. The smallest absolute Gasteiger partial charge is 0.266 e. The van der Waals surface area contributed by atoms with E-state index < -0.39 is 0 Å². The number of nitrogens with zero attached hydrogens (tertiary/aromatic N) is 5. The third-order valence-electron chi connectivity index (χ3n) is 6.80. The second-order valence-corrected chi connectivity index (χ2v) is 9.54. The second-order valence-electron chi connectivity index (χ2n) is 9.10. The van der Waals surface area contributed by atoms with Crippen molar-refractivity contribution in [2.75, 3.05) is 44.2 Å². The number of hydrogen-bond acceptors (Lipinski definition) is 7. The van der Waals surface area contributed by atoms with Crippen LogP contribution >= 0.6 is 11.6 Å². The Hall–Kier alpha value is -3.28. The van der Waals surface area contributed by atoms with E-state index in [2.05, 4.69) is 28.1 Å². The number of furan rings is 1. The third-order valence-corrected chi connectivity index (χ3v) is 7.05. The van der Waals surface area contributed by atoms with E-state index in [0.29, 0.717) is 30.6 Å². The molecule has 3 aromatic rings. The largest absolute Gasteiger partial charge is 0.459 e. The Balaban J connectivity index is 1.15. The van der Waals surface area contributed by atoms with E-state index in [0.717, 1.165) is 57.0 Å². The molecule has 182 valence electrons. The number of aromatic nitrogens is 1. The molecular formula is C26H28ClN5O3. The van der Waals surface area contributed by atoms with Gasteiger partial charge >= 0.3 is 0 Å². The molecule has 0 atom stereocenters. The number of rotatable bonds is 5. The van der Waals surface area contributed by atoms with Gasteiger partial charge in [0.05, 0.1) is 6.26 Å². The standard InChI is InChI=1S/C26H28ClN5O3/c27-21-6-4-19(5-7-21)18-30-10-2-11-31(15-14-30)25(33)20-8-12-32(13-9-20)26-22(17-28)29-24(35-26)23-3-1-16-34-23/h1,3-7,16,20H,2,8-15,18H2. The molecule has 0 aliphatic carbocycles. The fourth-order valence-corrected chi connectivity index (χ4v) is 5.02. The average Bonchev–Trinajstić information content (AvgIpc) is 3.51. The van der Waals surface area contributed by atoms with Gasteiger partial charge in [-0.3, -0.25) is 9.69 Å². The van der Waals surface area contributed by atoms with Crippen molar-refractivity contribution < 1.29 is 13.6 Å². The molecular weight excluding hydrogens is 466 g/mol. The van der Waals surface area contributed by atoms with Gasteiger partial charge in [0.2, 0.25) is 17.5 Å². The Morgan fingerprint density at radius 3 is 2.60 bits per heavy atom. The van der Waals surface area contributed by atoms with Gasteiger partial charge in [0.25, 0.3) is 5.89 Å². The van der Waals surface area contributed by atoms with Gasteiger partial charge in [-0.1, -0.05) is 23.7 Å². The molecule has 0 radical (unpaired) electrons. The van der Waals surface area contributed by atoms with Crippen LogP contribution in [0.4, 0.5) is 5.88 Å². The molecule has 2 aliphatic heterocycles. The number of piperidine rings is 1. The van der Waals surface area contributed by atoms with Crippen LogP contribution in [0.2, 0.25) is 5.02 Å². The highest BCUT2D eigenvalue weighted by atomic mass is 35.5. The lowest BCUT2D eigenvalue weighted by molar-refractivity contribution is -0.136. The molecule has 9 heteroatoms. The minimum Gasteiger partial charge on any atom is -0.459 e. The van der Waals surface area contributed by atoms with E-state index in [1.54, 1.807) is 18.4 Å². The van der Waals surface area contributed by atoms with Crippen LogP contribution in [-0.4, -0.2) is 60.0 Å². The zero-order chi connectivity index (χ0) is 24.2. The number of oxazole rings is 1. The maximum absolute atomic E-state index is 13.3. The molecule has 0 spiro atoms. The first kappa shape index (κ1) is 23.5. The Bertz CT molecular complexity index is 1180. The minimum absolute atomic E-state index is 0.00735. The van der Waals surface area contributed by atoms with Crippen LogP contribution in [0.25, 0.3) is 11.7 Å². The quantitative estimate of drug-likeness (QED) is 0.520. The van der Waals surface area contributed by atoms with Crippen molar-refractivity contribution >= 4 is 23.4 Å². The maximum Gasteiger partial charge on any atom is 0.266 e. The number of carbonyl (C=O) groups excluding carboxylic acids is 1. The van der Waals surface area contributed by atoms with Crippen molar-refractivity contribution in [2.24, 2.45) is 5.92 Å². The molecule has 0 saturated carbocycles. The summed E-state index contributed by atoms with van der Waals surface area (Å²) >= 11 is 6.00. The fourth-order valence-electron chi connectivity index (χ4n) is 4.89. The lowest BCUT2D eigenvalue weighted by Gasteiger charge is -2.33. The maximum atomic E-state index is 13.3. The molecule has 1 aromatic carbocycles. The average molecular weight is 494 g/mol. The summed E-state index contributed by atoms with van der Waals surface area (Å²) < 4.78 is 11.2. The topological polar surface area (TPSA) is 89.8 Å². The third kappa shape index (κ3) is 5.37. The van der Waals surface area contributed by atoms with Crippen LogP contribution in [0.5, 0.6) is 0 Å². The summed E-state index contributed by atoms with van der Waals surface area (Å²) in [7, 11) is 0. The highest BCUT2D eigenvalue weighted by Gasteiger charge is 2.32. The molecule has 1 amide bonds. The summed E-state index contributed by atoms with van der Waals surface area (Å²) in [5.74, 6) is 1.48. The minimum atomic E-state index is -0.00735. The van der Waals surface area contributed by atoms with Gasteiger partial charge in [-0.05, 0) is 49.1 Å². The van der Waals surface area contributed by atoms with Gasteiger partial charge < -0.3 is 18.6 Å². The zero-order valence-electron chi connectivity index (χ0n) is 19.5. The molecule has 5 rings (SSSR count). The number of benzene rings is 1. The monoisotopic (exact) mass is 493 g/mol. The van der Waals surface area contributed by atoms with Crippen LogP contribution in [-0.2, 0) is 11.3 Å². The number of anilines is 1. The van der Waals surface area contributed by atoms with Crippen LogP contribution < -0.4 is 4.90 Å². The summed E-state index contributed by atoms with van der Waals surface area (Å²) in [6.07, 6.45) is 3.97. The summed E-state index contributed by atoms with van der Waals surface area (Å²) in [6, 6.07) is 13.6. The number of halogens is 1. The van der Waals surface area contributed by atoms with Crippen LogP contribution in [0, 0.1) is 17.2 Å². The predicted molar refractivity (Wildman–Crippen MR) is 132 cm³/mol. The van der Waals surface area contributed by atoms with Crippen LogP contribution in [0.3, 0.4) is 0 Å². The molecule has 0 bridgehead atoms. The predicted octanol–water partition coefficient (Wildman–Crippen LogP) is 4.41. The van der Waals surface area contributed by atoms with Gasteiger partial charge in [-0.2, -0.15) is 10.2 Å². The first-order valence-electron chi connectivity index (χ1n) is 12.1. The molecule has 8 nitrogen and oxygen atoms in total. The molecule has 4 heterocycles. The van der Waals surface area contributed by atoms with E-state index in [1.165, 1.54) is 5.56 Å². The summed E-state index contributed by atoms with van der Waals surface area (Å²) in [4.78, 5) is 24.0. The van der Waals surface area contributed by atoms with Gasteiger partial charge in [-0.15, -0.1) is 0 Å². The SMILES string of the molecule is N#Cc1nc(-c2ccco2)oc1N1CCC(C(=O)N2CCCN(Cc3ccc(Cl)cc3)CC2)CC1. The van der Waals surface area contributed by atoms with Crippen LogP contribution in [0.1, 0.15) is 30.5 Å². The van der Waals surface area contributed by atoms with Crippen molar-refractivity contribution in [3.8, 4) is 17.7 Å². The lowest BCUT2D eigenvalue weighted by Crippen LogP contribution is -2.44. The molecule has 0 N–H and O–H groups in total. The van der Waals surface area contributed by atoms with Gasteiger partial charge in [0.1, 0.15) is 6.07 Å². The van der Waals surface area contributed by atoms with E-state index in [-0.39, 0.29) is 17.5 Å². The van der Waals surface area contributed by atoms with E-state index >= 15 is 0 Å². The zero-order valence-corrected chi connectivity index (χ0v) is 20.3. The Kier molecular flexibility index (Phi) is 7.07. The van der Waals surface area contributed by atoms with Gasteiger partial charge in [0.15, 0.2) is 5.76 Å². The number of carbonyl (C=O) groups is 1. The van der Waals surface area contributed by atoms with Crippen LogP contribution in [0.15, 0.2) is 51.5 Å². The first-order chi connectivity index (χ1) is 17.1. The first-order valence-corrected chi connectivity index (χ1v) is 12.4. The van der Waals surface area contributed by atoms with Crippen molar-refractivity contribution in [3.05, 3.63) is 58.9 Å². The Labute approximate surface area is 209 Å². The highest BCUT2D eigenvalue weighted by molar-refractivity contribution is 6.30. The summed E-state index contributed by atoms with van der Waals surface area (Å²) in [5, 5.41) is 10.3. The van der Waals surface area contributed by atoms with Crippen molar-refractivity contribution in [1.82, 2.24) is 14.8 Å². The fraction of sp³-hybridized carbons (Fsp3) is 0.423. The lowest BCUT2D eigenvalue weighted by atomic mass is 9.95. The summed E-state index contributed by atoms with van der Waals surface area (Å²) in [6.45, 7) is 5.56. The molecule has 35 heavy (non-hydrogen) atoms. The van der Waals surface area contributed by atoms with Gasteiger partial charge in [-0.25, -0.2) is 0 Å². The number of nitriles is 1. The van der Waals surface area contributed by atoms with E-state index in [4.69, 9.17) is 20.4 Å². The molecule has 2 fully saturated rings. The number of amides is 1. The number of hydrogen-bond donors (Lipinski definition) is 0. The van der Waals surface area contributed by atoms with Gasteiger partial charge in [0, 0.05) is 56.8 Å². The van der Waals surface area contributed by atoms with E-state index in [1.807, 2.05) is 21.9 Å². The Morgan fingerprint density at radius 2 is 1.89 bits per heavy atom. The highest BCUT2D eigenvalue weighted by Crippen LogP contribution is 2.31. The Morgan fingerprint density at radius 1 is 1.09 bits per heavy atom. The molecule has 2 aliphatic rings.